The largest absolute Gasteiger partial charge is 0.441 e. The van der Waals surface area contributed by atoms with Crippen LogP contribution in [0.5, 0.6) is 0 Å². The van der Waals surface area contributed by atoms with Gasteiger partial charge in [0.25, 0.3) is 0 Å². The van der Waals surface area contributed by atoms with Crippen LogP contribution in [0.4, 0.5) is 13.2 Å². The molecule has 2 heterocycles. The lowest BCUT2D eigenvalue weighted by atomic mass is 9.95. The van der Waals surface area contributed by atoms with Crippen molar-refractivity contribution in [1.82, 2.24) is 14.9 Å². The van der Waals surface area contributed by atoms with E-state index in [1.54, 1.807) is 12.5 Å². The predicted molar refractivity (Wildman–Crippen MR) is 65.6 cm³/mol. The van der Waals surface area contributed by atoms with Crippen molar-refractivity contribution in [1.29, 1.82) is 0 Å². The van der Waals surface area contributed by atoms with E-state index in [1.165, 1.54) is 0 Å². The number of imidazole rings is 1. The lowest BCUT2D eigenvalue weighted by molar-refractivity contribution is -0.0328. The van der Waals surface area contributed by atoms with Gasteiger partial charge in [0.1, 0.15) is 0 Å². The van der Waals surface area contributed by atoms with Gasteiger partial charge in [0.05, 0.1) is 6.33 Å². The number of nitrogens with one attached hydrogen (secondary N) is 1. The average molecular weight is 279 g/mol. The first-order valence-corrected chi connectivity index (χ1v) is 6.96. The Morgan fingerprint density at radius 3 is 2.78 bits per heavy atom. The third-order valence-electron chi connectivity index (χ3n) is 3.10. The van der Waals surface area contributed by atoms with Gasteiger partial charge in [-0.15, -0.1) is 0 Å². The number of hydrogen-bond acceptors (Lipinski definition) is 3. The van der Waals surface area contributed by atoms with E-state index in [0.717, 1.165) is 31.6 Å². The molecule has 2 rings (SSSR count). The van der Waals surface area contributed by atoms with Crippen LogP contribution in [0.25, 0.3) is 0 Å². The molecule has 0 aromatic carbocycles. The highest BCUT2D eigenvalue weighted by molar-refractivity contribution is 8.00. The highest BCUT2D eigenvalue weighted by atomic mass is 32.2. The molecule has 0 spiro atoms. The molecule has 0 amide bonds. The summed E-state index contributed by atoms with van der Waals surface area (Å²) in [5.74, 6) is 0.460. The summed E-state index contributed by atoms with van der Waals surface area (Å²) in [6, 6.07) is 0. The summed E-state index contributed by atoms with van der Waals surface area (Å²) in [4.78, 5) is 4.06. The van der Waals surface area contributed by atoms with Crippen molar-refractivity contribution in [2.24, 2.45) is 0 Å². The van der Waals surface area contributed by atoms with Crippen molar-refractivity contribution < 1.29 is 13.2 Å². The van der Waals surface area contributed by atoms with Gasteiger partial charge in [-0.1, -0.05) is 0 Å². The van der Waals surface area contributed by atoms with Gasteiger partial charge in [-0.2, -0.15) is 13.2 Å². The molecule has 1 saturated heterocycles. The summed E-state index contributed by atoms with van der Waals surface area (Å²) >= 11 is 0.0262. The van der Waals surface area contributed by atoms with Gasteiger partial charge < -0.3 is 9.88 Å². The second kappa shape index (κ2) is 5.97. The number of halogens is 3. The molecule has 0 radical (unpaired) electrons. The quantitative estimate of drug-likeness (QED) is 0.919. The van der Waals surface area contributed by atoms with E-state index >= 15 is 0 Å². The Balaban J connectivity index is 1.91. The van der Waals surface area contributed by atoms with Gasteiger partial charge in [0.2, 0.25) is 0 Å². The van der Waals surface area contributed by atoms with Crippen molar-refractivity contribution in [2.75, 3.05) is 18.8 Å². The molecular weight excluding hydrogens is 263 g/mol. The fourth-order valence-corrected chi connectivity index (χ4v) is 2.75. The molecule has 0 saturated carbocycles. The molecule has 1 aliphatic rings. The van der Waals surface area contributed by atoms with Crippen LogP contribution in [0.2, 0.25) is 0 Å². The van der Waals surface area contributed by atoms with E-state index in [4.69, 9.17) is 0 Å². The molecule has 1 aromatic rings. The van der Waals surface area contributed by atoms with Crippen LogP contribution in [0.1, 0.15) is 24.5 Å². The molecule has 1 N–H and O–H groups in total. The Hall–Kier alpha value is -0.690. The van der Waals surface area contributed by atoms with Crippen molar-refractivity contribution in [2.45, 2.75) is 30.8 Å². The monoisotopic (exact) mass is 279 g/mol. The number of piperidine rings is 1. The van der Waals surface area contributed by atoms with Crippen LogP contribution >= 0.6 is 11.8 Å². The molecule has 0 atom stereocenters. The van der Waals surface area contributed by atoms with E-state index in [0.29, 0.717) is 12.5 Å². The van der Waals surface area contributed by atoms with Crippen molar-refractivity contribution in [3.63, 3.8) is 0 Å². The molecule has 18 heavy (non-hydrogen) atoms. The van der Waals surface area contributed by atoms with Crippen molar-refractivity contribution >= 4 is 11.8 Å². The van der Waals surface area contributed by atoms with Crippen molar-refractivity contribution in [3.8, 4) is 0 Å². The zero-order valence-electron chi connectivity index (χ0n) is 9.91. The number of thioether (sulfide) groups is 1. The zero-order chi connectivity index (χ0) is 13.0. The van der Waals surface area contributed by atoms with Crippen LogP contribution in [-0.4, -0.2) is 33.9 Å². The van der Waals surface area contributed by atoms with Crippen molar-refractivity contribution in [3.05, 3.63) is 18.2 Å². The van der Waals surface area contributed by atoms with Gasteiger partial charge in [0.15, 0.2) is 0 Å². The normalized spacial score (nSPS) is 18.2. The van der Waals surface area contributed by atoms with Crippen LogP contribution < -0.4 is 5.32 Å². The molecule has 0 aliphatic carbocycles. The maximum Gasteiger partial charge on any atom is 0.441 e. The smallest absolute Gasteiger partial charge is 0.333 e. The maximum atomic E-state index is 12.1. The lowest BCUT2D eigenvalue weighted by Crippen LogP contribution is -2.27. The zero-order valence-corrected chi connectivity index (χ0v) is 10.7. The molecule has 102 valence electrons. The Labute approximate surface area is 108 Å². The molecule has 0 bridgehead atoms. The minimum Gasteiger partial charge on any atom is -0.333 e. The van der Waals surface area contributed by atoms with Crippen LogP contribution in [-0.2, 0) is 6.54 Å². The number of rotatable bonds is 4. The van der Waals surface area contributed by atoms with E-state index < -0.39 is 5.51 Å². The second-order valence-corrected chi connectivity index (χ2v) is 5.49. The number of aryl methyl sites for hydroxylation is 1. The number of aromatic nitrogens is 2. The summed E-state index contributed by atoms with van der Waals surface area (Å²) in [6.45, 7) is 2.30. The summed E-state index contributed by atoms with van der Waals surface area (Å²) in [5.41, 5.74) is -3.07. The molecule has 0 unspecified atom stereocenters. The first-order valence-electron chi connectivity index (χ1n) is 5.98. The Bertz CT molecular complexity index is 372. The molecule has 1 aliphatic heterocycles. The number of hydrogen-bond donors (Lipinski definition) is 1. The van der Waals surface area contributed by atoms with E-state index in [9.17, 15) is 13.2 Å². The summed E-state index contributed by atoms with van der Waals surface area (Å²) in [7, 11) is 0. The van der Waals surface area contributed by atoms with Gasteiger partial charge in [-0.05, 0) is 37.7 Å². The van der Waals surface area contributed by atoms with Gasteiger partial charge in [-0.3, -0.25) is 0 Å². The summed E-state index contributed by atoms with van der Waals surface area (Å²) in [6.07, 6.45) is 5.47. The molecular formula is C11H16F3N3S. The summed E-state index contributed by atoms with van der Waals surface area (Å²) < 4.78 is 38.1. The average Bonchev–Trinajstić information content (AvgIpc) is 2.77. The molecule has 1 fully saturated rings. The minimum atomic E-state index is -4.14. The lowest BCUT2D eigenvalue weighted by Gasteiger charge is -2.23. The highest BCUT2D eigenvalue weighted by Crippen LogP contribution is 2.31. The molecule has 3 nitrogen and oxygen atoms in total. The third kappa shape index (κ3) is 3.91. The summed E-state index contributed by atoms with van der Waals surface area (Å²) in [5, 5.41) is 3.28. The number of nitrogens with zero attached hydrogens (tertiary/aromatic N) is 2. The van der Waals surface area contributed by atoms with Gasteiger partial charge in [-0.25, -0.2) is 4.98 Å². The van der Waals surface area contributed by atoms with Crippen LogP contribution in [0.3, 0.4) is 0 Å². The number of alkyl halides is 3. The Morgan fingerprint density at radius 2 is 2.11 bits per heavy atom. The first-order chi connectivity index (χ1) is 8.56. The van der Waals surface area contributed by atoms with Crippen LogP contribution in [0, 0.1) is 0 Å². The van der Waals surface area contributed by atoms with E-state index in [-0.39, 0.29) is 17.5 Å². The SMILES string of the molecule is FC(F)(F)SCCn1cncc1C1CCNCC1. The maximum absolute atomic E-state index is 12.1. The topological polar surface area (TPSA) is 29.9 Å². The minimum absolute atomic E-state index is 0.0262. The van der Waals surface area contributed by atoms with Gasteiger partial charge in [0, 0.05) is 30.1 Å². The molecule has 1 aromatic heterocycles. The highest BCUT2D eigenvalue weighted by Gasteiger charge is 2.27. The fourth-order valence-electron chi connectivity index (χ4n) is 2.24. The van der Waals surface area contributed by atoms with Gasteiger partial charge >= 0.3 is 5.51 Å². The second-order valence-electron chi connectivity index (χ2n) is 4.33. The Kier molecular flexibility index (Phi) is 4.55. The Morgan fingerprint density at radius 1 is 1.39 bits per heavy atom. The first kappa shape index (κ1) is 13.7. The van der Waals surface area contributed by atoms with E-state index in [1.807, 2.05) is 4.57 Å². The van der Waals surface area contributed by atoms with E-state index in [2.05, 4.69) is 10.3 Å². The van der Waals surface area contributed by atoms with Crippen LogP contribution in [0.15, 0.2) is 12.5 Å². The third-order valence-corrected chi connectivity index (χ3v) is 3.81. The predicted octanol–water partition coefficient (Wildman–Crippen LogP) is 2.60. The standard InChI is InChI=1S/C11H16F3N3S/c12-11(13,14)18-6-5-17-8-16-7-10(17)9-1-3-15-4-2-9/h7-9,15H,1-6H2. The fraction of sp³-hybridized carbons (Fsp3) is 0.727. The molecule has 7 heteroatoms.